The van der Waals surface area contributed by atoms with Crippen molar-refractivity contribution in [2.45, 2.75) is 51.8 Å². The Morgan fingerprint density at radius 2 is 2.00 bits per heavy atom. The molecule has 6 heteroatoms. The minimum absolute atomic E-state index is 0.0854. The second-order valence-electron chi connectivity index (χ2n) is 5.06. The molecule has 0 spiro atoms. The van der Waals surface area contributed by atoms with Gasteiger partial charge in [-0.2, -0.15) is 0 Å². The largest absolute Gasteiger partial charge is 0.480 e. The van der Waals surface area contributed by atoms with Crippen molar-refractivity contribution in [3.8, 4) is 0 Å². The number of hydrogen-bond acceptors (Lipinski definition) is 3. The number of aliphatic hydroxyl groups excluding tert-OH is 1. The Kier molecular flexibility index (Phi) is 4.95. The van der Waals surface area contributed by atoms with E-state index in [4.69, 9.17) is 5.11 Å². The molecule has 2 amide bonds. The number of carbonyl (C=O) groups is 2. The number of carbonyl (C=O) groups excluding carboxylic acids is 1. The molecule has 0 aromatic rings. The molecule has 4 unspecified atom stereocenters. The summed E-state index contributed by atoms with van der Waals surface area (Å²) in [5, 5.41) is 20.6. The van der Waals surface area contributed by atoms with Gasteiger partial charge in [-0.1, -0.05) is 6.92 Å². The zero-order valence-corrected chi connectivity index (χ0v) is 11.1. The number of likely N-dealkylation sites (tertiary alicyclic amines) is 1. The Balaban J connectivity index is 2.66. The fourth-order valence-electron chi connectivity index (χ4n) is 2.23. The second kappa shape index (κ2) is 6.04. The smallest absolute Gasteiger partial charge is 0.328 e. The van der Waals surface area contributed by atoms with Crippen LogP contribution >= 0.6 is 0 Å². The number of amides is 2. The summed E-state index contributed by atoms with van der Waals surface area (Å²) < 4.78 is 0. The van der Waals surface area contributed by atoms with E-state index in [-0.39, 0.29) is 6.04 Å². The summed E-state index contributed by atoms with van der Waals surface area (Å²) in [6.45, 7) is 6.01. The normalized spacial score (nSPS) is 27.4. The first kappa shape index (κ1) is 14.8. The van der Waals surface area contributed by atoms with Gasteiger partial charge in [0.2, 0.25) is 0 Å². The molecule has 1 heterocycles. The molecule has 1 aliphatic rings. The second-order valence-corrected chi connectivity index (χ2v) is 5.06. The monoisotopic (exact) mass is 258 g/mol. The van der Waals surface area contributed by atoms with E-state index < -0.39 is 24.1 Å². The van der Waals surface area contributed by atoms with Crippen molar-refractivity contribution in [1.29, 1.82) is 0 Å². The Morgan fingerprint density at radius 3 is 2.50 bits per heavy atom. The fraction of sp³-hybridized carbons (Fsp3) is 0.833. The van der Waals surface area contributed by atoms with Crippen LogP contribution in [-0.2, 0) is 4.79 Å². The molecular formula is C12H22N2O4. The molecule has 0 bridgehead atoms. The molecule has 1 fully saturated rings. The third-order valence-electron chi connectivity index (χ3n) is 3.66. The summed E-state index contributed by atoms with van der Waals surface area (Å²) in [6, 6.07) is -1.59. The van der Waals surface area contributed by atoms with Crippen molar-refractivity contribution in [1.82, 2.24) is 10.2 Å². The highest BCUT2D eigenvalue weighted by Gasteiger charge is 2.32. The first-order valence-electron chi connectivity index (χ1n) is 6.32. The van der Waals surface area contributed by atoms with Crippen LogP contribution in [0.2, 0.25) is 0 Å². The Morgan fingerprint density at radius 1 is 1.39 bits per heavy atom. The van der Waals surface area contributed by atoms with Crippen LogP contribution in [0.25, 0.3) is 0 Å². The lowest BCUT2D eigenvalue weighted by atomic mass is 9.92. The summed E-state index contributed by atoms with van der Waals surface area (Å²) in [4.78, 5) is 24.6. The Hall–Kier alpha value is -1.30. The van der Waals surface area contributed by atoms with Crippen molar-refractivity contribution in [3.05, 3.63) is 0 Å². The lowest BCUT2D eigenvalue weighted by Crippen LogP contribution is -2.56. The van der Waals surface area contributed by atoms with Crippen LogP contribution < -0.4 is 5.32 Å². The van der Waals surface area contributed by atoms with E-state index >= 15 is 0 Å². The number of hydrogen-bond donors (Lipinski definition) is 3. The molecular weight excluding hydrogens is 236 g/mol. The number of aliphatic carboxylic acids is 1. The number of aliphatic hydroxyl groups is 1. The van der Waals surface area contributed by atoms with Gasteiger partial charge in [0, 0.05) is 12.6 Å². The summed E-state index contributed by atoms with van der Waals surface area (Å²) >= 11 is 0. The molecule has 6 nitrogen and oxygen atoms in total. The van der Waals surface area contributed by atoms with E-state index in [1.807, 2.05) is 6.92 Å². The summed E-state index contributed by atoms with van der Waals surface area (Å²) in [5.74, 6) is -0.824. The maximum atomic E-state index is 12.0. The predicted molar refractivity (Wildman–Crippen MR) is 66.2 cm³/mol. The molecule has 1 saturated heterocycles. The zero-order chi connectivity index (χ0) is 13.9. The molecule has 0 aromatic carbocycles. The SMILES string of the molecule is CC(O)C(NC(=O)N1CCCC(C)C1C)C(=O)O. The Bertz CT molecular complexity index is 319. The number of piperidine rings is 1. The molecule has 1 rings (SSSR count). The molecule has 0 aliphatic carbocycles. The number of carboxylic acid groups (broad SMARTS) is 1. The van der Waals surface area contributed by atoms with Gasteiger partial charge in [-0.15, -0.1) is 0 Å². The number of urea groups is 1. The lowest BCUT2D eigenvalue weighted by Gasteiger charge is -2.38. The van der Waals surface area contributed by atoms with E-state index in [9.17, 15) is 14.7 Å². The highest BCUT2D eigenvalue weighted by molar-refractivity contribution is 5.83. The van der Waals surface area contributed by atoms with E-state index in [1.54, 1.807) is 4.90 Å². The number of nitrogens with zero attached hydrogens (tertiary/aromatic N) is 1. The fourth-order valence-corrected chi connectivity index (χ4v) is 2.23. The highest BCUT2D eigenvalue weighted by atomic mass is 16.4. The Labute approximate surface area is 107 Å². The topological polar surface area (TPSA) is 89.9 Å². The average Bonchev–Trinajstić information content (AvgIpc) is 2.28. The van der Waals surface area contributed by atoms with Crippen LogP contribution in [0, 0.1) is 5.92 Å². The first-order valence-corrected chi connectivity index (χ1v) is 6.32. The van der Waals surface area contributed by atoms with Gasteiger partial charge in [0.25, 0.3) is 0 Å². The van der Waals surface area contributed by atoms with E-state index in [0.717, 1.165) is 12.8 Å². The standard InChI is InChI=1S/C12H22N2O4/c1-7-5-4-6-14(8(7)2)12(18)13-10(9(3)15)11(16)17/h7-10,15H,4-6H2,1-3H3,(H,13,18)(H,16,17). The van der Waals surface area contributed by atoms with Gasteiger partial charge < -0.3 is 20.4 Å². The van der Waals surface area contributed by atoms with Crippen LogP contribution in [0.1, 0.15) is 33.6 Å². The summed E-state index contributed by atoms with van der Waals surface area (Å²) in [7, 11) is 0. The van der Waals surface area contributed by atoms with Gasteiger partial charge in [-0.25, -0.2) is 9.59 Å². The minimum atomic E-state index is -1.26. The van der Waals surface area contributed by atoms with Crippen molar-refractivity contribution < 1.29 is 19.8 Å². The molecule has 18 heavy (non-hydrogen) atoms. The van der Waals surface area contributed by atoms with Crippen molar-refractivity contribution in [2.24, 2.45) is 5.92 Å². The van der Waals surface area contributed by atoms with E-state index in [1.165, 1.54) is 6.92 Å². The molecule has 1 aliphatic heterocycles. The molecule has 104 valence electrons. The molecule has 0 radical (unpaired) electrons. The predicted octanol–water partition coefficient (Wildman–Crippen LogP) is 0.650. The van der Waals surface area contributed by atoms with Gasteiger partial charge in [0.15, 0.2) is 6.04 Å². The number of nitrogens with one attached hydrogen (secondary N) is 1. The van der Waals surface area contributed by atoms with Gasteiger partial charge >= 0.3 is 12.0 Å². The van der Waals surface area contributed by atoms with Gasteiger partial charge in [-0.05, 0) is 32.6 Å². The van der Waals surface area contributed by atoms with Crippen LogP contribution in [0.15, 0.2) is 0 Å². The van der Waals surface area contributed by atoms with Gasteiger partial charge in [0.1, 0.15) is 0 Å². The van der Waals surface area contributed by atoms with Crippen molar-refractivity contribution in [2.75, 3.05) is 6.54 Å². The van der Waals surface area contributed by atoms with E-state index in [0.29, 0.717) is 12.5 Å². The van der Waals surface area contributed by atoms with Crippen LogP contribution in [-0.4, -0.2) is 51.8 Å². The lowest BCUT2D eigenvalue weighted by molar-refractivity contribution is -0.141. The summed E-state index contributed by atoms with van der Waals surface area (Å²) in [5.41, 5.74) is 0. The quantitative estimate of drug-likeness (QED) is 0.693. The molecule has 0 saturated carbocycles. The van der Waals surface area contributed by atoms with Crippen molar-refractivity contribution >= 4 is 12.0 Å². The van der Waals surface area contributed by atoms with E-state index in [2.05, 4.69) is 12.2 Å². The maximum Gasteiger partial charge on any atom is 0.328 e. The maximum absolute atomic E-state index is 12.0. The molecule has 4 atom stereocenters. The average molecular weight is 258 g/mol. The third kappa shape index (κ3) is 3.35. The van der Waals surface area contributed by atoms with Crippen molar-refractivity contribution in [3.63, 3.8) is 0 Å². The zero-order valence-electron chi connectivity index (χ0n) is 11.1. The number of rotatable bonds is 3. The highest BCUT2D eigenvalue weighted by Crippen LogP contribution is 2.22. The first-order chi connectivity index (χ1) is 8.34. The van der Waals surface area contributed by atoms with Crippen LogP contribution in [0.3, 0.4) is 0 Å². The molecule has 0 aromatic heterocycles. The third-order valence-corrected chi connectivity index (χ3v) is 3.66. The van der Waals surface area contributed by atoms with Crippen LogP contribution in [0.4, 0.5) is 4.79 Å². The van der Waals surface area contributed by atoms with Gasteiger partial charge in [0.05, 0.1) is 6.10 Å². The summed E-state index contributed by atoms with van der Waals surface area (Å²) in [6.07, 6.45) is 0.874. The van der Waals surface area contributed by atoms with Gasteiger partial charge in [-0.3, -0.25) is 0 Å². The number of carboxylic acids is 1. The minimum Gasteiger partial charge on any atom is -0.480 e. The van der Waals surface area contributed by atoms with Crippen LogP contribution in [0.5, 0.6) is 0 Å². The molecule has 3 N–H and O–H groups in total.